The van der Waals surface area contributed by atoms with Gasteiger partial charge in [0.25, 0.3) is 0 Å². The molecule has 1 unspecified atom stereocenters. The summed E-state index contributed by atoms with van der Waals surface area (Å²) in [6.45, 7) is 2.12. The first kappa shape index (κ1) is 13.2. The van der Waals surface area contributed by atoms with Gasteiger partial charge in [0.1, 0.15) is 5.69 Å². The van der Waals surface area contributed by atoms with Crippen LogP contribution in [-0.4, -0.2) is 28.2 Å². The van der Waals surface area contributed by atoms with Gasteiger partial charge in [-0.2, -0.15) is 4.98 Å². The molecule has 96 valence electrons. The molecule has 6 heteroatoms. The van der Waals surface area contributed by atoms with Gasteiger partial charge >= 0.3 is 0 Å². The summed E-state index contributed by atoms with van der Waals surface area (Å²) in [7, 11) is 1.94. The molecule has 0 spiro atoms. The Bertz CT molecular complexity index is 514. The molecule has 0 amide bonds. The van der Waals surface area contributed by atoms with Gasteiger partial charge in [0, 0.05) is 23.1 Å². The molecule has 1 atom stereocenters. The maximum atomic E-state index is 5.22. The number of aromatic nitrogens is 3. The highest BCUT2D eigenvalue weighted by Gasteiger charge is 2.12. The van der Waals surface area contributed by atoms with Gasteiger partial charge in [-0.1, -0.05) is 5.16 Å². The molecule has 2 aromatic rings. The van der Waals surface area contributed by atoms with E-state index < -0.39 is 0 Å². The van der Waals surface area contributed by atoms with Crippen LogP contribution in [0, 0.1) is 0 Å². The van der Waals surface area contributed by atoms with Crippen molar-refractivity contribution in [2.45, 2.75) is 25.8 Å². The van der Waals surface area contributed by atoms with Crippen molar-refractivity contribution in [3.05, 3.63) is 28.7 Å². The second-order valence-electron chi connectivity index (χ2n) is 4.07. The largest absolute Gasteiger partial charge is 0.339 e. The zero-order valence-corrected chi connectivity index (χ0v) is 11.9. The van der Waals surface area contributed by atoms with Gasteiger partial charge in [-0.15, -0.1) is 0 Å². The molecule has 0 fully saturated rings. The van der Waals surface area contributed by atoms with Crippen LogP contribution in [0.1, 0.15) is 19.2 Å². The molecule has 0 saturated carbocycles. The normalized spacial score (nSPS) is 12.6. The first-order valence-corrected chi connectivity index (χ1v) is 6.60. The Hall–Kier alpha value is -1.27. The lowest BCUT2D eigenvalue weighted by Crippen LogP contribution is -2.21. The SMILES string of the molecule is CNC(C)CCc1nc(-c2ncccc2Br)no1. The van der Waals surface area contributed by atoms with Crippen LogP contribution in [-0.2, 0) is 6.42 Å². The molecule has 2 heterocycles. The third kappa shape index (κ3) is 3.14. The third-order valence-electron chi connectivity index (χ3n) is 2.72. The first-order valence-electron chi connectivity index (χ1n) is 5.81. The van der Waals surface area contributed by atoms with Crippen molar-refractivity contribution in [3.63, 3.8) is 0 Å². The van der Waals surface area contributed by atoms with Crippen LogP contribution in [0.4, 0.5) is 0 Å². The standard InChI is InChI=1S/C12H15BrN4O/c1-8(14-2)5-6-10-16-12(17-18-10)11-9(13)4-3-7-15-11/h3-4,7-8,14H,5-6H2,1-2H3. The predicted molar refractivity (Wildman–Crippen MR) is 72.1 cm³/mol. The van der Waals surface area contributed by atoms with E-state index in [1.165, 1.54) is 0 Å². The monoisotopic (exact) mass is 310 g/mol. The molecule has 5 nitrogen and oxygen atoms in total. The molecule has 0 aliphatic carbocycles. The highest BCUT2D eigenvalue weighted by Crippen LogP contribution is 2.23. The average Bonchev–Trinajstić information content (AvgIpc) is 2.85. The lowest BCUT2D eigenvalue weighted by atomic mass is 10.2. The predicted octanol–water partition coefficient (Wildman–Crippen LogP) is 2.43. The Labute approximate surface area is 114 Å². The Morgan fingerprint density at radius 3 is 3.06 bits per heavy atom. The molecular weight excluding hydrogens is 296 g/mol. The fourth-order valence-electron chi connectivity index (χ4n) is 1.49. The minimum Gasteiger partial charge on any atom is -0.339 e. The molecule has 0 aliphatic heterocycles. The zero-order chi connectivity index (χ0) is 13.0. The van der Waals surface area contributed by atoms with Gasteiger partial charge in [0.15, 0.2) is 0 Å². The molecule has 1 N–H and O–H groups in total. The third-order valence-corrected chi connectivity index (χ3v) is 3.36. The van der Waals surface area contributed by atoms with E-state index in [1.54, 1.807) is 6.20 Å². The highest BCUT2D eigenvalue weighted by molar-refractivity contribution is 9.10. The number of hydrogen-bond donors (Lipinski definition) is 1. The second kappa shape index (κ2) is 6.06. The quantitative estimate of drug-likeness (QED) is 0.919. The van der Waals surface area contributed by atoms with Crippen molar-refractivity contribution in [1.82, 2.24) is 20.4 Å². The number of nitrogens with zero attached hydrogens (tertiary/aromatic N) is 3. The summed E-state index contributed by atoms with van der Waals surface area (Å²) >= 11 is 3.42. The van der Waals surface area contributed by atoms with Crippen LogP contribution < -0.4 is 5.32 Å². The lowest BCUT2D eigenvalue weighted by molar-refractivity contribution is 0.369. The van der Waals surface area contributed by atoms with Gasteiger partial charge in [-0.25, -0.2) is 0 Å². The molecule has 18 heavy (non-hydrogen) atoms. The minimum absolute atomic E-state index is 0.432. The molecule has 0 radical (unpaired) electrons. The van der Waals surface area contributed by atoms with E-state index in [0.717, 1.165) is 17.3 Å². The summed E-state index contributed by atoms with van der Waals surface area (Å²) in [4.78, 5) is 8.58. The van der Waals surface area contributed by atoms with Crippen molar-refractivity contribution >= 4 is 15.9 Å². The molecule has 2 rings (SSSR count). The van der Waals surface area contributed by atoms with Crippen LogP contribution >= 0.6 is 15.9 Å². The van der Waals surface area contributed by atoms with E-state index in [-0.39, 0.29) is 0 Å². The van der Waals surface area contributed by atoms with Crippen molar-refractivity contribution in [3.8, 4) is 11.5 Å². The summed E-state index contributed by atoms with van der Waals surface area (Å²) < 4.78 is 6.08. The summed E-state index contributed by atoms with van der Waals surface area (Å²) in [6, 6.07) is 4.19. The number of halogens is 1. The molecule has 0 saturated heterocycles. The van der Waals surface area contributed by atoms with Crippen LogP contribution in [0.5, 0.6) is 0 Å². The number of aryl methyl sites for hydroxylation is 1. The Morgan fingerprint density at radius 2 is 2.33 bits per heavy atom. The molecule has 2 aromatic heterocycles. The van der Waals surface area contributed by atoms with Gasteiger partial charge in [0.2, 0.25) is 11.7 Å². The van der Waals surface area contributed by atoms with E-state index in [2.05, 4.69) is 43.3 Å². The highest BCUT2D eigenvalue weighted by atomic mass is 79.9. The minimum atomic E-state index is 0.432. The van der Waals surface area contributed by atoms with Crippen molar-refractivity contribution in [2.75, 3.05) is 7.05 Å². The molecule has 0 aromatic carbocycles. The maximum Gasteiger partial charge on any atom is 0.227 e. The summed E-state index contributed by atoms with van der Waals surface area (Å²) in [6.07, 6.45) is 3.43. The first-order chi connectivity index (χ1) is 8.70. The van der Waals surface area contributed by atoms with Gasteiger partial charge in [0.05, 0.1) is 0 Å². The summed E-state index contributed by atoms with van der Waals surface area (Å²) in [5.74, 6) is 1.17. The Morgan fingerprint density at radius 1 is 1.50 bits per heavy atom. The maximum absolute atomic E-state index is 5.22. The van der Waals surface area contributed by atoms with Crippen molar-refractivity contribution in [1.29, 1.82) is 0 Å². The lowest BCUT2D eigenvalue weighted by Gasteiger charge is -2.06. The number of hydrogen-bond acceptors (Lipinski definition) is 5. The van der Waals surface area contributed by atoms with Gasteiger partial charge in [-0.3, -0.25) is 4.98 Å². The smallest absolute Gasteiger partial charge is 0.227 e. The van der Waals surface area contributed by atoms with Crippen molar-refractivity contribution in [2.24, 2.45) is 0 Å². The van der Waals surface area contributed by atoms with E-state index in [4.69, 9.17) is 4.52 Å². The van der Waals surface area contributed by atoms with Gasteiger partial charge in [-0.05, 0) is 48.5 Å². The van der Waals surface area contributed by atoms with E-state index >= 15 is 0 Å². The average molecular weight is 311 g/mol. The van der Waals surface area contributed by atoms with E-state index in [1.807, 2.05) is 19.2 Å². The zero-order valence-electron chi connectivity index (χ0n) is 10.4. The topological polar surface area (TPSA) is 63.8 Å². The number of pyridine rings is 1. The van der Waals surface area contributed by atoms with E-state index in [9.17, 15) is 0 Å². The molecule has 0 bridgehead atoms. The van der Waals surface area contributed by atoms with Crippen LogP contribution in [0.2, 0.25) is 0 Å². The van der Waals surface area contributed by atoms with Crippen LogP contribution in [0.3, 0.4) is 0 Å². The summed E-state index contributed by atoms with van der Waals surface area (Å²) in [5, 5.41) is 7.13. The van der Waals surface area contributed by atoms with Gasteiger partial charge < -0.3 is 9.84 Å². The Kier molecular flexibility index (Phi) is 4.43. The summed E-state index contributed by atoms with van der Waals surface area (Å²) in [5.41, 5.74) is 0.703. The number of nitrogens with one attached hydrogen (secondary N) is 1. The fourth-order valence-corrected chi connectivity index (χ4v) is 1.92. The second-order valence-corrected chi connectivity index (χ2v) is 4.93. The van der Waals surface area contributed by atoms with E-state index in [0.29, 0.717) is 23.5 Å². The Balaban J connectivity index is 2.09. The number of rotatable bonds is 5. The van der Waals surface area contributed by atoms with Crippen LogP contribution in [0.25, 0.3) is 11.5 Å². The molecular formula is C12H15BrN4O. The van der Waals surface area contributed by atoms with Crippen molar-refractivity contribution < 1.29 is 4.52 Å². The van der Waals surface area contributed by atoms with Crippen LogP contribution in [0.15, 0.2) is 27.3 Å². The fraction of sp³-hybridized carbons (Fsp3) is 0.417. The molecule has 0 aliphatic rings.